The lowest BCUT2D eigenvalue weighted by Crippen LogP contribution is -2.40. The first kappa shape index (κ1) is 27.0. The number of ketones is 1. The monoisotopic (exact) mass is 545 g/mol. The molecule has 2 N–H and O–H groups in total. The van der Waals surface area contributed by atoms with Crippen LogP contribution in [0.2, 0.25) is 0 Å². The quantitative estimate of drug-likeness (QED) is 0.273. The zero-order valence-corrected chi connectivity index (χ0v) is 23.5. The van der Waals surface area contributed by atoms with Crippen LogP contribution in [0.5, 0.6) is 0 Å². The maximum atomic E-state index is 13.5. The van der Waals surface area contributed by atoms with Crippen LogP contribution in [0, 0.1) is 0 Å². The molecule has 0 bridgehead atoms. The van der Waals surface area contributed by atoms with E-state index in [4.69, 9.17) is 15.7 Å². The van der Waals surface area contributed by atoms with Crippen LogP contribution in [-0.4, -0.2) is 67.9 Å². The molecule has 0 spiro atoms. The van der Waals surface area contributed by atoms with Crippen LogP contribution in [0.1, 0.15) is 56.8 Å². The molecule has 204 valence electrons. The van der Waals surface area contributed by atoms with Gasteiger partial charge in [0.1, 0.15) is 11.9 Å². The largest absolute Gasteiger partial charge is 0.368 e. The van der Waals surface area contributed by atoms with Gasteiger partial charge in [0.2, 0.25) is 5.91 Å². The maximum Gasteiger partial charge on any atom is 0.240 e. The van der Waals surface area contributed by atoms with Gasteiger partial charge in [0.05, 0.1) is 28.0 Å². The summed E-state index contributed by atoms with van der Waals surface area (Å²) in [6, 6.07) is 9.48. The lowest BCUT2D eigenvalue weighted by molar-refractivity contribution is -0.119. The lowest BCUT2D eigenvalue weighted by atomic mass is 10.0. The number of amides is 1. The number of rotatable bonds is 11. The summed E-state index contributed by atoms with van der Waals surface area (Å²) >= 11 is 1.62. The van der Waals surface area contributed by atoms with Gasteiger partial charge in [-0.2, -0.15) is 5.10 Å². The molecule has 1 amide bonds. The SMILES string of the molecule is CCN(CC)[C@@H](C)CCC(=O)c1cc(-c2cnn3ccc(-c4cccs4)nc23)nc(N2CCC[C@H]2C(N)=O)c1. The fourth-order valence-corrected chi connectivity index (χ4v) is 6.12. The molecule has 0 aromatic carbocycles. The Morgan fingerprint density at radius 1 is 1.18 bits per heavy atom. The Balaban J connectivity index is 1.54. The van der Waals surface area contributed by atoms with Crippen molar-refractivity contribution in [1.82, 2.24) is 24.5 Å². The fraction of sp³-hybridized carbons (Fsp3) is 0.414. The molecule has 1 aliphatic rings. The minimum absolute atomic E-state index is 0.0532. The van der Waals surface area contributed by atoms with Crippen LogP contribution in [-0.2, 0) is 4.79 Å². The molecule has 5 rings (SSSR count). The van der Waals surface area contributed by atoms with E-state index in [0.717, 1.165) is 42.1 Å². The van der Waals surface area contributed by atoms with E-state index < -0.39 is 6.04 Å². The van der Waals surface area contributed by atoms with Crippen molar-refractivity contribution in [2.75, 3.05) is 24.5 Å². The Kier molecular flexibility index (Phi) is 8.04. The van der Waals surface area contributed by atoms with Crippen LogP contribution >= 0.6 is 11.3 Å². The number of hydrogen-bond donors (Lipinski definition) is 1. The van der Waals surface area contributed by atoms with Gasteiger partial charge in [0.15, 0.2) is 11.4 Å². The average Bonchev–Trinajstić information content (AvgIpc) is 3.72. The zero-order chi connectivity index (χ0) is 27.5. The Bertz CT molecular complexity index is 1460. The fourth-order valence-electron chi connectivity index (χ4n) is 5.42. The highest BCUT2D eigenvalue weighted by Gasteiger charge is 2.31. The molecule has 39 heavy (non-hydrogen) atoms. The normalized spacial score (nSPS) is 16.3. The topological polar surface area (TPSA) is 110 Å². The molecule has 1 aliphatic heterocycles. The molecule has 1 fully saturated rings. The third-order valence-corrected chi connectivity index (χ3v) is 8.55. The number of nitrogens with zero attached hydrogens (tertiary/aromatic N) is 6. The van der Waals surface area contributed by atoms with E-state index >= 15 is 0 Å². The van der Waals surface area contributed by atoms with Crippen molar-refractivity contribution in [3.05, 3.63) is 53.7 Å². The number of pyridine rings is 1. The Hall–Kier alpha value is -3.63. The maximum absolute atomic E-state index is 13.5. The molecule has 10 heteroatoms. The highest BCUT2D eigenvalue weighted by Crippen LogP contribution is 2.31. The van der Waals surface area contributed by atoms with Gasteiger partial charge in [-0.3, -0.25) is 9.59 Å². The van der Waals surface area contributed by atoms with Gasteiger partial charge in [-0.25, -0.2) is 14.5 Å². The molecule has 0 radical (unpaired) electrons. The van der Waals surface area contributed by atoms with Gasteiger partial charge in [-0.05, 0) is 68.9 Å². The predicted octanol–water partition coefficient (Wildman–Crippen LogP) is 4.67. The Morgan fingerprint density at radius 3 is 2.72 bits per heavy atom. The molecular formula is C29H35N7O2S. The van der Waals surface area contributed by atoms with Crippen LogP contribution < -0.4 is 10.6 Å². The smallest absolute Gasteiger partial charge is 0.240 e. The highest BCUT2D eigenvalue weighted by atomic mass is 32.1. The van der Waals surface area contributed by atoms with Gasteiger partial charge >= 0.3 is 0 Å². The third-order valence-electron chi connectivity index (χ3n) is 7.65. The number of primary amides is 1. The molecule has 5 heterocycles. The van der Waals surface area contributed by atoms with Crippen molar-refractivity contribution in [3.8, 4) is 21.8 Å². The molecule has 0 unspecified atom stereocenters. The van der Waals surface area contributed by atoms with E-state index in [1.54, 1.807) is 22.0 Å². The summed E-state index contributed by atoms with van der Waals surface area (Å²) in [5, 5.41) is 6.52. The lowest BCUT2D eigenvalue weighted by Gasteiger charge is -2.26. The standard InChI is InChI=1S/C29H35N7O2S/c1-4-34(5-2)19(3)10-11-25(37)20-16-23(32-27(17-20)35-13-6-8-24(35)28(30)38)21-18-31-36-14-12-22(33-29(21)36)26-9-7-15-39-26/h7,9,12,14-19,24H,4-6,8,10-11,13H2,1-3H3,(H2,30,38)/t19-,24-/m0/s1. The predicted molar refractivity (Wildman–Crippen MR) is 155 cm³/mol. The number of thiophene rings is 1. The van der Waals surface area contributed by atoms with Gasteiger partial charge in [-0.15, -0.1) is 11.3 Å². The Morgan fingerprint density at radius 2 is 2.00 bits per heavy atom. The van der Waals surface area contributed by atoms with Crippen LogP contribution in [0.25, 0.3) is 27.5 Å². The van der Waals surface area contributed by atoms with Gasteiger partial charge in [0, 0.05) is 30.8 Å². The van der Waals surface area contributed by atoms with Crippen LogP contribution in [0.15, 0.2) is 48.1 Å². The number of hydrogen-bond acceptors (Lipinski definition) is 8. The van der Waals surface area contributed by atoms with E-state index in [0.29, 0.717) is 48.2 Å². The number of Topliss-reactive ketones (excluding diaryl/α,β-unsaturated/α-hetero) is 1. The minimum Gasteiger partial charge on any atom is -0.368 e. The van der Waals surface area contributed by atoms with Gasteiger partial charge in [0.25, 0.3) is 0 Å². The third kappa shape index (κ3) is 5.58. The second-order valence-electron chi connectivity index (χ2n) is 10.0. The molecule has 4 aromatic heterocycles. The number of carbonyl (C=O) groups is 2. The molecular weight excluding hydrogens is 510 g/mol. The first-order valence-electron chi connectivity index (χ1n) is 13.6. The van der Waals surface area contributed by atoms with Crippen molar-refractivity contribution in [2.45, 2.75) is 58.5 Å². The van der Waals surface area contributed by atoms with Gasteiger partial charge < -0.3 is 15.5 Å². The molecule has 1 saturated heterocycles. The number of carbonyl (C=O) groups excluding carboxylic acids is 2. The van der Waals surface area contributed by atoms with Crippen molar-refractivity contribution in [2.24, 2.45) is 5.73 Å². The average molecular weight is 546 g/mol. The van der Waals surface area contributed by atoms with E-state index in [1.165, 1.54) is 0 Å². The summed E-state index contributed by atoms with van der Waals surface area (Å²) in [6.07, 6.45) is 6.33. The molecule has 9 nitrogen and oxygen atoms in total. The zero-order valence-electron chi connectivity index (χ0n) is 22.7. The second-order valence-corrected chi connectivity index (χ2v) is 10.9. The summed E-state index contributed by atoms with van der Waals surface area (Å²) in [5.41, 5.74) is 9.15. The van der Waals surface area contributed by atoms with Crippen molar-refractivity contribution in [1.29, 1.82) is 0 Å². The molecule has 0 aliphatic carbocycles. The Labute approximate surface area is 232 Å². The van der Waals surface area contributed by atoms with Crippen LogP contribution in [0.3, 0.4) is 0 Å². The first-order chi connectivity index (χ1) is 18.9. The summed E-state index contributed by atoms with van der Waals surface area (Å²) in [7, 11) is 0. The second kappa shape index (κ2) is 11.6. The van der Waals surface area contributed by atoms with Crippen molar-refractivity contribution < 1.29 is 9.59 Å². The highest BCUT2D eigenvalue weighted by molar-refractivity contribution is 7.13. The van der Waals surface area contributed by atoms with E-state index in [2.05, 4.69) is 30.8 Å². The summed E-state index contributed by atoms with van der Waals surface area (Å²) in [6.45, 7) is 9.01. The molecule has 4 aromatic rings. The van der Waals surface area contributed by atoms with E-state index in [-0.39, 0.29) is 11.7 Å². The van der Waals surface area contributed by atoms with Crippen molar-refractivity contribution >= 4 is 34.5 Å². The summed E-state index contributed by atoms with van der Waals surface area (Å²) in [4.78, 5) is 40.9. The van der Waals surface area contributed by atoms with Crippen molar-refractivity contribution in [3.63, 3.8) is 0 Å². The van der Waals surface area contributed by atoms with E-state index in [1.807, 2.05) is 46.8 Å². The van der Waals surface area contributed by atoms with Crippen LogP contribution in [0.4, 0.5) is 5.82 Å². The number of fused-ring (bicyclic) bond motifs is 1. The number of anilines is 1. The first-order valence-corrected chi connectivity index (χ1v) is 14.5. The van der Waals surface area contributed by atoms with Gasteiger partial charge in [-0.1, -0.05) is 19.9 Å². The summed E-state index contributed by atoms with van der Waals surface area (Å²) < 4.78 is 1.72. The molecule has 2 atom stereocenters. The minimum atomic E-state index is -0.439. The number of nitrogens with two attached hydrogens (primary N) is 1. The molecule has 0 saturated carbocycles. The van der Waals surface area contributed by atoms with E-state index in [9.17, 15) is 9.59 Å². The number of aromatic nitrogens is 4. The summed E-state index contributed by atoms with van der Waals surface area (Å²) in [5.74, 6) is 0.263.